The molecule has 144 valence electrons. The van der Waals surface area contributed by atoms with Gasteiger partial charge >= 0.3 is 5.97 Å². The second-order valence-corrected chi connectivity index (χ2v) is 6.32. The van der Waals surface area contributed by atoms with Crippen LogP contribution in [0.5, 0.6) is 0 Å². The summed E-state index contributed by atoms with van der Waals surface area (Å²) in [5.41, 5.74) is 0.464. The van der Waals surface area contributed by atoms with Crippen LogP contribution in [0.25, 0.3) is 10.8 Å². The maximum absolute atomic E-state index is 12.2. The number of benzene rings is 2. The van der Waals surface area contributed by atoms with Crippen molar-refractivity contribution in [2.45, 2.75) is 32.6 Å². The van der Waals surface area contributed by atoms with Gasteiger partial charge < -0.3 is 15.4 Å². The van der Waals surface area contributed by atoms with Crippen LogP contribution < -0.4 is 10.6 Å². The van der Waals surface area contributed by atoms with E-state index in [9.17, 15) is 14.4 Å². The Hall–Kier alpha value is -2.89. The van der Waals surface area contributed by atoms with Crippen molar-refractivity contribution in [1.29, 1.82) is 0 Å². The normalized spacial score (nSPS) is 10.4. The van der Waals surface area contributed by atoms with Crippen molar-refractivity contribution < 1.29 is 19.1 Å². The maximum atomic E-state index is 12.2. The van der Waals surface area contributed by atoms with Crippen LogP contribution in [0.3, 0.4) is 0 Å². The number of fused-ring (bicyclic) bond motifs is 1. The number of hydrogen-bond acceptors (Lipinski definition) is 4. The highest BCUT2D eigenvalue weighted by Gasteiger charge is 2.11. The minimum atomic E-state index is -0.648. The zero-order valence-corrected chi connectivity index (χ0v) is 15.6. The molecule has 0 bridgehead atoms. The van der Waals surface area contributed by atoms with Crippen LogP contribution >= 0.6 is 0 Å². The Labute approximate surface area is 159 Å². The van der Waals surface area contributed by atoms with Gasteiger partial charge in [-0.15, -0.1) is 0 Å². The van der Waals surface area contributed by atoms with Crippen LogP contribution in [-0.4, -0.2) is 37.5 Å². The molecule has 2 N–H and O–H groups in total. The van der Waals surface area contributed by atoms with Gasteiger partial charge in [0.15, 0.2) is 6.61 Å². The first-order valence-electron chi connectivity index (χ1n) is 9.29. The summed E-state index contributed by atoms with van der Waals surface area (Å²) in [6.45, 7) is 2.08. The van der Waals surface area contributed by atoms with E-state index in [1.807, 2.05) is 30.3 Å². The number of amides is 2. The lowest BCUT2D eigenvalue weighted by molar-refractivity contribution is -0.147. The molecular formula is C21H26N2O4. The van der Waals surface area contributed by atoms with Crippen molar-refractivity contribution in [3.8, 4) is 0 Å². The summed E-state index contributed by atoms with van der Waals surface area (Å²) in [7, 11) is 0. The van der Waals surface area contributed by atoms with E-state index in [4.69, 9.17) is 4.74 Å². The molecule has 0 aromatic heterocycles. The molecule has 27 heavy (non-hydrogen) atoms. The summed E-state index contributed by atoms with van der Waals surface area (Å²) in [5.74, 6) is -1.34. The van der Waals surface area contributed by atoms with E-state index in [0.29, 0.717) is 12.1 Å². The van der Waals surface area contributed by atoms with Crippen molar-refractivity contribution in [2.75, 3.05) is 19.7 Å². The number of nitrogens with one attached hydrogen (secondary N) is 2. The van der Waals surface area contributed by atoms with Crippen LogP contribution in [-0.2, 0) is 14.3 Å². The monoisotopic (exact) mass is 370 g/mol. The van der Waals surface area contributed by atoms with Crippen molar-refractivity contribution in [1.82, 2.24) is 10.6 Å². The minimum absolute atomic E-state index is 0.282. The van der Waals surface area contributed by atoms with E-state index in [2.05, 4.69) is 17.6 Å². The molecule has 6 heteroatoms. The molecule has 6 nitrogen and oxygen atoms in total. The third-order valence-corrected chi connectivity index (χ3v) is 4.12. The smallest absolute Gasteiger partial charge is 0.325 e. The Kier molecular flexibility index (Phi) is 8.29. The van der Waals surface area contributed by atoms with E-state index >= 15 is 0 Å². The van der Waals surface area contributed by atoms with Crippen molar-refractivity contribution in [2.24, 2.45) is 0 Å². The van der Waals surface area contributed by atoms with Gasteiger partial charge in [-0.3, -0.25) is 14.4 Å². The lowest BCUT2D eigenvalue weighted by Gasteiger charge is -2.08. The summed E-state index contributed by atoms with van der Waals surface area (Å²) in [6, 6.07) is 13.0. The molecule has 2 amide bonds. The van der Waals surface area contributed by atoms with Crippen LogP contribution in [0.2, 0.25) is 0 Å². The van der Waals surface area contributed by atoms with Gasteiger partial charge in [0, 0.05) is 12.1 Å². The maximum Gasteiger partial charge on any atom is 0.325 e. The summed E-state index contributed by atoms with van der Waals surface area (Å²) in [6.07, 6.45) is 4.25. The van der Waals surface area contributed by atoms with Gasteiger partial charge in [0.1, 0.15) is 6.54 Å². The van der Waals surface area contributed by atoms with Gasteiger partial charge in [0.25, 0.3) is 11.8 Å². The molecule has 0 aliphatic carbocycles. The predicted molar refractivity (Wildman–Crippen MR) is 104 cm³/mol. The molecule has 0 fully saturated rings. The van der Waals surface area contributed by atoms with E-state index in [1.165, 1.54) is 0 Å². The minimum Gasteiger partial charge on any atom is -0.454 e. The second-order valence-electron chi connectivity index (χ2n) is 6.32. The molecule has 0 spiro atoms. The Morgan fingerprint density at radius 3 is 2.48 bits per heavy atom. The number of rotatable bonds is 10. The van der Waals surface area contributed by atoms with Gasteiger partial charge in [-0.05, 0) is 29.3 Å². The lowest BCUT2D eigenvalue weighted by Crippen LogP contribution is -2.34. The molecule has 2 aromatic carbocycles. The summed E-state index contributed by atoms with van der Waals surface area (Å²) >= 11 is 0. The topological polar surface area (TPSA) is 84.5 Å². The molecule has 2 rings (SSSR count). The Balaban J connectivity index is 1.68. The van der Waals surface area contributed by atoms with E-state index in [0.717, 1.165) is 36.5 Å². The number of carbonyl (C=O) groups is 3. The summed E-state index contributed by atoms with van der Waals surface area (Å²) in [5, 5.41) is 7.19. The van der Waals surface area contributed by atoms with Gasteiger partial charge in [0.05, 0.1) is 0 Å². The van der Waals surface area contributed by atoms with Gasteiger partial charge in [0.2, 0.25) is 0 Å². The van der Waals surface area contributed by atoms with Crippen LogP contribution in [0, 0.1) is 0 Å². The highest BCUT2D eigenvalue weighted by Crippen LogP contribution is 2.15. The van der Waals surface area contributed by atoms with Gasteiger partial charge in [-0.2, -0.15) is 0 Å². The first kappa shape index (κ1) is 20.4. The third kappa shape index (κ3) is 7.09. The van der Waals surface area contributed by atoms with E-state index < -0.39 is 5.97 Å². The SMILES string of the molecule is CCCCCCNC(=O)COC(=O)CNC(=O)c1ccc2ccccc2c1. The first-order chi connectivity index (χ1) is 13.1. The number of esters is 1. The molecule has 0 saturated heterocycles. The van der Waals surface area contributed by atoms with E-state index in [1.54, 1.807) is 12.1 Å². The zero-order valence-electron chi connectivity index (χ0n) is 15.6. The Morgan fingerprint density at radius 2 is 1.70 bits per heavy atom. The van der Waals surface area contributed by atoms with Crippen molar-refractivity contribution in [3.63, 3.8) is 0 Å². The van der Waals surface area contributed by atoms with Crippen LogP contribution in [0.4, 0.5) is 0 Å². The number of ether oxygens (including phenoxy) is 1. The highest BCUT2D eigenvalue weighted by atomic mass is 16.5. The first-order valence-corrected chi connectivity index (χ1v) is 9.29. The lowest BCUT2D eigenvalue weighted by atomic mass is 10.1. The Morgan fingerprint density at radius 1 is 0.926 bits per heavy atom. The van der Waals surface area contributed by atoms with Crippen LogP contribution in [0.15, 0.2) is 42.5 Å². The third-order valence-electron chi connectivity index (χ3n) is 4.12. The summed E-state index contributed by atoms with van der Waals surface area (Å²) in [4.78, 5) is 35.4. The highest BCUT2D eigenvalue weighted by molar-refractivity contribution is 5.99. The second kappa shape index (κ2) is 11.0. The molecular weight excluding hydrogens is 344 g/mol. The van der Waals surface area contributed by atoms with Gasteiger partial charge in [-0.25, -0.2) is 0 Å². The molecule has 0 radical (unpaired) electrons. The van der Waals surface area contributed by atoms with Crippen molar-refractivity contribution in [3.05, 3.63) is 48.0 Å². The van der Waals surface area contributed by atoms with Crippen LogP contribution in [0.1, 0.15) is 43.0 Å². The van der Waals surface area contributed by atoms with E-state index in [-0.39, 0.29) is 25.0 Å². The number of carbonyl (C=O) groups excluding carboxylic acids is 3. The molecule has 0 saturated carbocycles. The fourth-order valence-corrected chi connectivity index (χ4v) is 2.61. The Bertz CT molecular complexity index is 789. The molecule has 0 atom stereocenters. The standard InChI is InChI=1S/C21H26N2O4/c1-2-3-4-7-12-22-19(24)15-27-20(25)14-23-21(26)18-11-10-16-8-5-6-9-17(16)13-18/h5-6,8-11,13H,2-4,7,12,14-15H2,1H3,(H,22,24)(H,23,26). The quantitative estimate of drug-likeness (QED) is 0.497. The molecule has 0 aliphatic heterocycles. The zero-order chi connectivity index (χ0) is 19.5. The molecule has 0 unspecified atom stereocenters. The molecule has 2 aromatic rings. The number of hydrogen-bond donors (Lipinski definition) is 2. The average Bonchev–Trinajstić information content (AvgIpc) is 2.69. The summed E-state index contributed by atoms with van der Waals surface area (Å²) < 4.78 is 4.87. The largest absolute Gasteiger partial charge is 0.454 e. The average molecular weight is 370 g/mol. The predicted octanol–water partition coefficient (Wildman–Crippen LogP) is 2.81. The fourth-order valence-electron chi connectivity index (χ4n) is 2.61. The molecule has 0 heterocycles. The van der Waals surface area contributed by atoms with Gasteiger partial charge in [-0.1, -0.05) is 56.5 Å². The van der Waals surface area contributed by atoms with Crippen molar-refractivity contribution >= 4 is 28.6 Å². The number of unbranched alkanes of at least 4 members (excludes halogenated alkanes) is 3. The fraction of sp³-hybridized carbons (Fsp3) is 0.381. The molecule has 0 aliphatic rings.